The van der Waals surface area contributed by atoms with Crippen molar-refractivity contribution in [3.05, 3.63) is 0 Å². The zero-order valence-corrected chi connectivity index (χ0v) is 7.00. The highest BCUT2D eigenvalue weighted by Crippen LogP contribution is 2.70. The van der Waals surface area contributed by atoms with E-state index >= 15 is 0 Å². The molecule has 0 aromatic heterocycles. The van der Waals surface area contributed by atoms with Gasteiger partial charge in [-0.2, -0.15) is 0 Å². The minimum absolute atomic E-state index is 1.21. The minimum Gasteiger partial charge on any atom is -0.0499 e. The number of rotatable bonds is 0. The van der Waals surface area contributed by atoms with Crippen molar-refractivity contribution in [1.29, 1.82) is 0 Å². The molecule has 6 atom stereocenters. The third-order valence-corrected chi connectivity index (χ3v) is 5.20. The van der Waals surface area contributed by atoms with Crippen LogP contribution in [0, 0.1) is 35.5 Å². The molecular formula is C11H16. The second-order valence-electron chi connectivity index (χ2n) is 5.47. The second kappa shape index (κ2) is 1.53. The molecule has 0 heterocycles. The molecule has 0 heteroatoms. The van der Waals surface area contributed by atoms with Crippen molar-refractivity contribution < 1.29 is 0 Å². The summed E-state index contributed by atoms with van der Waals surface area (Å²) in [5.41, 5.74) is 0. The summed E-state index contributed by atoms with van der Waals surface area (Å²) >= 11 is 0. The summed E-state index contributed by atoms with van der Waals surface area (Å²) in [6, 6.07) is 0. The maximum absolute atomic E-state index is 1.65. The molecule has 6 unspecified atom stereocenters. The maximum Gasteiger partial charge on any atom is -0.0323 e. The van der Waals surface area contributed by atoms with Gasteiger partial charge in [0.2, 0.25) is 0 Å². The van der Waals surface area contributed by atoms with Gasteiger partial charge in [0.1, 0.15) is 0 Å². The fraction of sp³-hybridized carbons (Fsp3) is 1.00. The summed E-state index contributed by atoms with van der Waals surface area (Å²) in [4.78, 5) is 0. The molecule has 4 aliphatic rings. The standard InChI is InChI=1S/C11H16/c1-2-7-3-6(1)9-4-8-5-10(8)11(7)9/h6-11H,1-5H2. The van der Waals surface area contributed by atoms with Gasteiger partial charge >= 0.3 is 0 Å². The van der Waals surface area contributed by atoms with Gasteiger partial charge in [0.05, 0.1) is 0 Å². The number of fused-ring (bicyclic) bond motifs is 7. The van der Waals surface area contributed by atoms with Crippen LogP contribution >= 0.6 is 0 Å². The van der Waals surface area contributed by atoms with Gasteiger partial charge in [-0.05, 0) is 67.6 Å². The Balaban J connectivity index is 1.76. The zero-order chi connectivity index (χ0) is 7.00. The van der Waals surface area contributed by atoms with Crippen molar-refractivity contribution in [1.82, 2.24) is 0 Å². The van der Waals surface area contributed by atoms with Crippen LogP contribution in [0.3, 0.4) is 0 Å². The summed E-state index contributed by atoms with van der Waals surface area (Å²) in [5.74, 6) is 7.38. The summed E-state index contributed by atoms with van der Waals surface area (Å²) in [6.07, 6.45) is 8.12. The lowest BCUT2D eigenvalue weighted by Crippen LogP contribution is -2.19. The first-order chi connectivity index (χ1) is 5.43. The van der Waals surface area contributed by atoms with E-state index in [2.05, 4.69) is 0 Å². The van der Waals surface area contributed by atoms with Gasteiger partial charge in [-0.1, -0.05) is 0 Å². The fourth-order valence-electron chi connectivity index (χ4n) is 4.83. The Morgan fingerprint density at radius 2 is 1.36 bits per heavy atom. The monoisotopic (exact) mass is 148 g/mol. The summed E-state index contributed by atoms with van der Waals surface area (Å²) in [6.45, 7) is 0. The van der Waals surface area contributed by atoms with E-state index in [4.69, 9.17) is 0 Å². The van der Waals surface area contributed by atoms with Gasteiger partial charge in [-0.15, -0.1) is 0 Å². The largest absolute Gasteiger partial charge is 0.0499 e. The maximum atomic E-state index is 1.65. The Morgan fingerprint density at radius 3 is 2.18 bits per heavy atom. The van der Waals surface area contributed by atoms with Gasteiger partial charge in [-0.3, -0.25) is 0 Å². The van der Waals surface area contributed by atoms with Crippen molar-refractivity contribution >= 4 is 0 Å². The Morgan fingerprint density at radius 1 is 0.636 bits per heavy atom. The van der Waals surface area contributed by atoms with Crippen LogP contribution < -0.4 is 0 Å². The van der Waals surface area contributed by atoms with E-state index in [1.54, 1.807) is 32.1 Å². The Labute approximate surface area is 68.4 Å². The van der Waals surface area contributed by atoms with Crippen molar-refractivity contribution in [2.75, 3.05) is 0 Å². The van der Waals surface area contributed by atoms with Crippen LogP contribution in [0.4, 0.5) is 0 Å². The van der Waals surface area contributed by atoms with Crippen LogP contribution in [0.2, 0.25) is 0 Å². The predicted octanol–water partition coefficient (Wildman–Crippen LogP) is 2.69. The van der Waals surface area contributed by atoms with E-state index in [0.29, 0.717) is 0 Å². The molecule has 0 aliphatic heterocycles. The number of hydrogen-bond acceptors (Lipinski definition) is 0. The highest BCUT2D eigenvalue weighted by atomic mass is 14.7. The molecule has 4 rings (SSSR count). The molecule has 4 saturated carbocycles. The highest BCUT2D eigenvalue weighted by molar-refractivity contribution is 5.11. The van der Waals surface area contributed by atoms with E-state index in [0.717, 1.165) is 0 Å². The Hall–Kier alpha value is 0. The lowest BCUT2D eigenvalue weighted by Gasteiger charge is -2.26. The lowest BCUT2D eigenvalue weighted by molar-refractivity contribution is 0.225. The fourth-order valence-corrected chi connectivity index (χ4v) is 4.83. The summed E-state index contributed by atoms with van der Waals surface area (Å²) in [7, 11) is 0. The van der Waals surface area contributed by atoms with Crippen molar-refractivity contribution in [2.45, 2.75) is 32.1 Å². The third kappa shape index (κ3) is 0.522. The van der Waals surface area contributed by atoms with Crippen molar-refractivity contribution in [3.63, 3.8) is 0 Å². The normalized spacial score (nSPS) is 69.8. The molecule has 0 amide bonds. The number of hydrogen-bond donors (Lipinski definition) is 0. The van der Waals surface area contributed by atoms with Gasteiger partial charge in [0, 0.05) is 0 Å². The topological polar surface area (TPSA) is 0 Å². The molecular weight excluding hydrogens is 132 g/mol. The Kier molecular flexibility index (Phi) is 0.781. The van der Waals surface area contributed by atoms with Crippen LogP contribution in [0.15, 0.2) is 0 Å². The molecule has 0 radical (unpaired) electrons. The lowest BCUT2D eigenvalue weighted by atomic mass is 9.79. The molecule has 0 spiro atoms. The second-order valence-corrected chi connectivity index (χ2v) is 5.47. The van der Waals surface area contributed by atoms with Crippen LogP contribution in [-0.4, -0.2) is 0 Å². The SMILES string of the molecule is C1CC2CC1C1CC3CC3C21. The molecule has 0 N–H and O–H groups in total. The van der Waals surface area contributed by atoms with Crippen LogP contribution in [0.5, 0.6) is 0 Å². The molecule has 60 valence electrons. The van der Waals surface area contributed by atoms with E-state index < -0.39 is 0 Å². The summed E-state index contributed by atoms with van der Waals surface area (Å²) in [5, 5.41) is 0. The first-order valence-electron chi connectivity index (χ1n) is 5.43. The molecule has 0 saturated heterocycles. The minimum atomic E-state index is 1.21. The smallest absolute Gasteiger partial charge is 0.0323 e. The van der Waals surface area contributed by atoms with Gasteiger partial charge < -0.3 is 0 Å². The summed E-state index contributed by atoms with van der Waals surface area (Å²) < 4.78 is 0. The van der Waals surface area contributed by atoms with Gasteiger partial charge in [0.15, 0.2) is 0 Å². The highest BCUT2D eigenvalue weighted by Gasteiger charge is 2.62. The first-order valence-corrected chi connectivity index (χ1v) is 5.43. The van der Waals surface area contributed by atoms with Crippen LogP contribution in [0.1, 0.15) is 32.1 Å². The molecule has 11 heavy (non-hydrogen) atoms. The van der Waals surface area contributed by atoms with Gasteiger partial charge in [-0.25, -0.2) is 0 Å². The van der Waals surface area contributed by atoms with Crippen LogP contribution in [-0.2, 0) is 0 Å². The van der Waals surface area contributed by atoms with E-state index in [1.165, 1.54) is 35.5 Å². The zero-order valence-electron chi connectivity index (χ0n) is 7.00. The van der Waals surface area contributed by atoms with E-state index in [-0.39, 0.29) is 0 Å². The molecule has 0 aromatic carbocycles. The molecule has 4 aliphatic carbocycles. The van der Waals surface area contributed by atoms with E-state index in [9.17, 15) is 0 Å². The predicted molar refractivity (Wildman–Crippen MR) is 44.0 cm³/mol. The van der Waals surface area contributed by atoms with Gasteiger partial charge in [0.25, 0.3) is 0 Å². The van der Waals surface area contributed by atoms with Crippen LogP contribution in [0.25, 0.3) is 0 Å². The molecule has 0 nitrogen and oxygen atoms in total. The average Bonchev–Trinajstić information content (AvgIpc) is 2.53. The van der Waals surface area contributed by atoms with Crippen molar-refractivity contribution in [3.8, 4) is 0 Å². The Bertz CT molecular complexity index is 208. The first kappa shape index (κ1) is 5.61. The van der Waals surface area contributed by atoms with E-state index in [1.807, 2.05) is 0 Å². The molecule has 4 fully saturated rings. The molecule has 2 bridgehead atoms. The molecule has 0 aromatic rings. The van der Waals surface area contributed by atoms with Crippen molar-refractivity contribution in [2.24, 2.45) is 35.5 Å². The third-order valence-electron chi connectivity index (χ3n) is 5.20. The average molecular weight is 148 g/mol. The quantitative estimate of drug-likeness (QED) is 0.495.